The standard InChI is InChI=1S/C14H17N3O4/c1-15-12(18)6-7-16-14(21)17-8-10(13(19)20)9-4-2-3-5-11(9)17/h2-5,10H,6-8H2,1H3,(H,15,18)(H,16,21)(H,19,20). The molecule has 1 heterocycles. The molecule has 0 radical (unpaired) electrons. The van der Waals surface area contributed by atoms with Crippen molar-refractivity contribution in [3.63, 3.8) is 0 Å². The van der Waals surface area contributed by atoms with Gasteiger partial charge in [-0.25, -0.2) is 4.79 Å². The molecule has 0 saturated heterocycles. The Morgan fingerprint density at radius 2 is 2.05 bits per heavy atom. The first kappa shape index (κ1) is 14.8. The van der Waals surface area contributed by atoms with Gasteiger partial charge in [0.25, 0.3) is 0 Å². The van der Waals surface area contributed by atoms with Crippen LogP contribution in [0, 0.1) is 0 Å². The van der Waals surface area contributed by atoms with E-state index < -0.39 is 17.9 Å². The summed E-state index contributed by atoms with van der Waals surface area (Å²) in [6, 6.07) is 6.55. The molecule has 0 bridgehead atoms. The van der Waals surface area contributed by atoms with Crippen LogP contribution in [0.4, 0.5) is 10.5 Å². The Hall–Kier alpha value is -2.57. The van der Waals surface area contributed by atoms with E-state index in [4.69, 9.17) is 0 Å². The van der Waals surface area contributed by atoms with Crippen LogP contribution in [0.25, 0.3) is 0 Å². The van der Waals surface area contributed by atoms with E-state index in [1.54, 1.807) is 24.3 Å². The molecule has 1 atom stereocenters. The molecule has 0 aliphatic carbocycles. The summed E-state index contributed by atoms with van der Waals surface area (Å²) in [6.07, 6.45) is 0.181. The molecule has 1 aliphatic heterocycles. The van der Waals surface area contributed by atoms with E-state index in [-0.39, 0.29) is 25.4 Å². The topological polar surface area (TPSA) is 98.7 Å². The van der Waals surface area contributed by atoms with Crippen LogP contribution in [0.2, 0.25) is 0 Å². The highest BCUT2D eigenvalue weighted by Crippen LogP contribution is 2.36. The predicted octanol–water partition coefficient (Wildman–Crippen LogP) is 0.521. The quantitative estimate of drug-likeness (QED) is 0.753. The Balaban J connectivity index is 2.06. The van der Waals surface area contributed by atoms with Crippen molar-refractivity contribution < 1.29 is 19.5 Å². The molecule has 1 aromatic carbocycles. The summed E-state index contributed by atoms with van der Waals surface area (Å²) in [5, 5.41) is 14.3. The number of carboxylic acid groups (broad SMARTS) is 1. The van der Waals surface area contributed by atoms with E-state index >= 15 is 0 Å². The van der Waals surface area contributed by atoms with Gasteiger partial charge < -0.3 is 15.7 Å². The molecule has 2 rings (SSSR count). The number of carbonyl (C=O) groups excluding carboxylic acids is 2. The highest BCUT2D eigenvalue weighted by atomic mass is 16.4. The molecule has 7 nitrogen and oxygen atoms in total. The van der Waals surface area contributed by atoms with Crippen LogP contribution in [0.3, 0.4) is 0 Å². The average Bonchev–Trinajstić information content (AvgIpc) is 2.86. The van der Waals surface area contributed by atoms with Crippen LogP contribution in [-0.4, -0.2) is 43.2 Å². The molecule has 21 heavy (non-hydrogen) atoms. The largest absolute Gasteiger partial charge is 0.481 e. The molecule has 3 N–H and O–H groups in total. The van der Waals surface area contributed by atoms with Gasteiger partial charge in [-0.15, -0.1) is 0 Å². The van der Waals surface area contributed by atoms with Crippen LogP contribution < -0.4 is 15.5 Å². The summed E-state index contributed by atoms with van der Waals surface area (Å²) in [5.41, 5.74) is 1.23. The van der Waals surface area contributed by atoms with E-state index in [9.17, 15) is 19.5 Å². The predicted molar refractivity (Wildman–Crippen MR) is 76.2 cm³/mol. The van der Waals surface area contributed by atoms with E-state index in [1.165, 1.54) is 11.9 Å². The lowest BCUT2D eigenvalue weighted by molar-refractivity contribution is -0.138. The second kappa shape index (κ2) is 6.25. The zero-order valence-corrected chi connectivity index (χ0v) is 11.6. The van der Waals surface area contributed by atoms with Crippen molar-refractivity contribution in [3.8, 4) is 0 Å². The number of carboxylic acids is 1. The summed E-state index contributed by atoms with van der Waals surface area (Å²) in [6.45, 7) is 0.301. The van der Waals surface area contributed by atoms with Gasteiger partial charge in [-0.05, 0) is 11.6 Å². The zero-order valence-electron chi connectivity index (χ0n) is 11.6. The lowest BCUT2D eigenvalue weighted by atomic mass is 10.0. The molecule has 112 valence electrons. The number of hydrogen-bond donors (Lipinski definition) is 3. The van der Waals surface area contributed by atoms with Gasteiger partial charge in [0.1, 0.15) is 5.92 Å². The summed E-state index contributed by atoms with van der Waals surface area (Å²) < 4.78 is 0. The van der Waals surface area contributed by atoms with E-state index in [0.717, 1.165) is 0 Å². The summed E-state index contributed by atoms with van der Waals surface area (Å²) in [7, 11) is 1.53. The number of urea groups is 1. The van der Waals surface area contributed by atoms with Crippen molar-refractivity contribution in [1.82, 2.24) is 10.6 Å². The van der Waals surface area contributed by atoms with Crippen molar-refractivity contribution in [2.45, 2.75) is 12.3 Å². The smallest absolute Gasteiger partial charge is 0.321 e. The number of aliphatic carboxylic acids is 1. The second-order valence-electron chi connectivity index (χ2n) is 4.72. The zero-order chi connectivity index (χ0) is 15.4. The number of anilines is 1. The van der Waals surface area contributed by atoms with Crippen molar-refractivity contribution in [1.29, 1.82) is 0 Å². The monoisotopic (exact) mass is 291 g/mol. The van der Waals surface area contributed by atoms with Gasteiger partial charge in [0.2, 0.25) is 5.91 Å². The van der Waals surface area contributed by atoms with E-state index in [0.29, 0.717) is 11.3 Å². The number of nitrogens with zero attached hydrogens (tertiary/aromatic N) is 1. The first-order valence-corrected chi connectivity index (χ1v) is 6.62. The fraction of sp³-hybridized carbons (Fsp3) is 0.357. The lowest BCUT2D eigenvalue weighted by Gasteiger charge is -2.18. The Labute approximate surface area is 121 Å². The number of para-hydroxylation sites is 1. The average molecular weight is 291 g/mol. The van der Waals surface area contributed by atoms with Gasteiger partial charge in [0.15, 0.2) is 0 Å². The number of benzene rings is 1. The van der Waals surface area contributed by atoms with Crippen LogP contribution >= 0.6 is 0 Å². The minimum absolute atomic E-state index is 0.0977. The molecule has 0 spiro atoms. The number of hydrogen-bond acceptors (Lipinski definition) is 3. The summed E-state index contributed by atoms with van der Waals surface area (Å²) in [4.78, 5) is 35.9. The third-order valence-corrected chi connectivity index (χ3v) is 3.42. The van der Waals surface area contributed by atoms with Gasteiger partial charge in [0.05, 0.1) is 0 Å². The van der Waals surface area contributed by atoms with Crippen molar-refractivity contribution in [2.24, 2.45) is 0 Å². The van der Waals surface area contributed by atoms with E-state index in [1.807, 2.05) is 0 Å². The minimum atomic E-state index is -0.955. The minimum Gasteiger partial charge on any atom is -0.481 e. The van der Waals surface area contributed by atoms with Crippen molar-refractivity contribution in [2.75, 3.05) is 25.0 Å². The Kier molecular flexibility index (Phi) is 4.42. The maximum absolute atomic E-state index is 12.1. The maximum Gasteiger partial charge on any atom is 0.321 e. The van der Waals surface area contributed by atoms with Gasteiger partial charge in [-0.2, -0.15) is 0 Å². The van der Waals surface area contributed by atoms with Crippen molar-refractivity contribution >= 4 is 23.6 Å². The first-order chi connectivity index (χ1) is 10.0. The SMILES string of the molecule is CNC(=O)CCNC(=O)N1CC(C(=O)O)c2ccccc21. The molecule has 1 aliphatic rings. The first-order valence-electron chi connectivity index (χ1n) is 6.62. The molecule has 0 saturated carbocycles. The van der Waals surface area contributed by atoms with Gasteiger partial charge in [-0.3, -0.25) is 14.5 Å². The highest BCUT2D eigenvalue weighted by molar-refractivity contribution is 5.98. The Morgan fingerprint density at radius 3 is 2.71 bits per heavy atom. The van der Waals surface area contributed by atoms with Crippen LogP contribution in [0.1, 0.15) is 17.9 Å². The molecule has 7 heteroatoms. The summed E-state index contributed by atoms with van der Waals surface area (Å²) in [5.74, 6) is -1.84. The molecular formula is C14H17N3O4. The molecule has 1 unspecified atom stereocenters. The molecule has 1 aromatic rings. The van der Waals surface area contributed by atoms with Crippen LogP contribution in [0.15, 0.2) is 24.3 Å². The van der Waals surface area contributed by atoms with Gasteiger partial charge >= 0.3 is 12.0 Å². The highest BCUT2D eigenvalue weighted by Gasteiger charge is 2.36. The summed E-state index contributed by atoms with van der Waals surface area (Å²) >= 11 is 0. The van der Waals surface area contributed by atoms with E-state index in [2.05, 4.69) is 10.6 Å². The van der Waals surface area contributed by atoms with Crippen molar-refractivity contribution in [3.05, 3.63) is 29.8 Å². The van der Waals surface area contributed by atoms with Gasteiger partial charge in [0, 0.05) is 32.2 Å². The number of fused-ring (bicyclic) bond motifs is 1. The van der Waals surface area contributed by atoms with Gasteiger partial charge in [-0.1, -0.05) is 18.2 Å². The Morgan fingerprint density at radius 1 is 1.33 bits per heavy atom. The van der Waals surface area contributed by atoms with Crippen LogP contribution in [-0.2, 0) is 9.59 Å². The lowest BCUT2D eigenvalue weighted by Crippen LogP contribution is -2.41. The number of nitrogens with one attached hydrogen (secondary N) is 2. The number of carbonyl (C=O) groups is 3. The maximum atomic E-state index is 12.1. The molecule has 3 amide bonds. The molecular weight excluding hydrogens is 274 g/mol. The second-order valence-corrected chi connectivity index (χ2v) is 4.72. The molecule has 0 aromatic heterocycles. The number of rotatable bonds is 4. The number of amides is 3. The fourth-order valence-corrected chi connectivity index (χ4v) is 2.31. The Bertz CT molecular complexity index is 573. The molecule has 0 fully saturated rings. The normalized spacial score (nSPS) is 16.2. The third-order valence-electron chi connectivity index (χ3n) is 3.42. The van der Waals surface area contributed by atoms with Crippen LogP contribution in [0.5, 0.6) is 0 Å². The third kappa shape index (κ3) is 3.13. The fourth-order valence-electron chi connectivity index (χ4n) is 2.31.